The number of morpholine rings is 1. The van der Waals surface area contributed by atoms with Crippen molar-refractivity contribution in [1.29, 1.82) is 0 Å². The zero-order valence-corrected chi connectivity index (χ0v) is 18.4. The van der Waals surface area contributed by atoms with Crippen LogP contribution in [-0.2, 0) is 14.6 Å². The number of thiophene rings is 1. The van der Waals surface area contributed by atoms with Gasteiger partial charge in [0.2, 0.25) is 0 Å². The second kappa shape index (κ2) is 8.78. The molecule has 1 amide bonds. The second-order valence-electron chi connectivity index (χ2n) is 7.16. The lowest BCUT2D eigenvalue weighted by atomic mass is 10.1. The molecule has 31 heavy (non-hydrogen) atoms. The minimum absolute atomic E-state index is 0.0608. The topological polar surface area (TPSA) is 75.7 Å². The predicted octanol–water partition coefficient (Wildman–Crippen LogP) is 4.05. The Morgan fingerprint density at radius 1 is 1.10 bits per heavy atom. The van der Waals surface area contributed by atoms with Crippen LogP contribution in [0.25, 0.3) is 11.1 Å². The Balaban J connectivity index is 1.68. The van der Waals surface area contributed by atoms with E-state index in [9.17, 15) is 17.6 Å². The summed E-state index contributed by atoms with van der Waals surface area (Å²) in [5.74, 6) is -1.19. The summed E-state index contributed by atoms with van der Waals surface area (Å²) in [4.78, 5) is 15.5. The van der Waals surface area contributed by atoms with Crippen molar-refractivity contribution in [3.63, 3.8) is 0 Å². The van der Waals surface area contributed by atoms with Crippen molar-refractivity contribution in [2.24, 2.45) is 0 Å². The van der Waals surface area contributed by atoms with Gasteiger partial charge >= 0.3 is 0 Å². The molecule has 1 N–H and O–H groups in total. The molecule has 0 aliphatic carbocycles. The summed E-state index contributed by atoms with van der Waals surface area (Å²) in [6, 6.07) is 14.9. The molecule has 2 aromatic carbocycles. The molecule has 1 aliphatic heterocycles. The third kappa shape index (κ3) is 4.79. The molecule has 1 aromatic heterocycles. The fraction of sp³-hybridized carbons (Fsp3) is 0.227. The summed E-state index contributed by atoms with van der Waals surface area (Å²) in [5.41, 5.74) is 1.73. The van der Waals surface area contributed by atoms with E-state index in [1.807, 2.05) is 30.3 Å². The molecule has 1 saturated heterocycles. The summed E-state index contributed by atoms with van der Waals surface area (Å²) in [5, 5.41) is 3.47. The highest BCUT2D eigenvalue weighted by atomic mass is 32.2. The first kappa shape index (κ1) is 21.5. The maximum absolute atomic E-state index is 14.2. The third-order valence-corrected chi connectivity index (χ3v) is 7.24. The van der Waals surface area contributed by atoms with Crippen LogP contribution in [0.5, 0.6) is 0 Å². The second-order valence-corrected chi connectivity index (χ2v) is 10.2. The minimum Gasteiger partial charge on any atom is -0.378 e. The first-order valence-corrected chi connectivity index (χ1v) is 12.4. The van der Waals surface area contributed by atoms with Gasteiger partial charge in [-0.2, -0.15) is 0 Å². The van der Waals surface area contributed by atoms with Crippen LogP contribution in [0.2, 0.25) is 0 Å². The van der Waals surface area contributed by atoms with E-state index in [0.29, 0.717) is 31.2 Å². The molecule has 0 unspecified atom stereocenters. The van der Waals surface area contributed by atoms with E-state index >= 15 is 0 Å². The number of ether oxygens (including phenoxy) is 1. The van der Waals surface area contributed by atoms with Gasteiger partial charge in [-0.3, -0.25) is 4.79 Å². The Kier molecular flexibility index (Phi) is 6.08. The molecule has 0 bridgehead atoms. The van der Waals surface area contributed by atoms with E-state index in [4.69, 9.17) is 4.74 Å². The van der Waals surface area contributed by atoms with E-state index in [0.717, 1.165) is 34.5 Å². The van der Waals surface area contributed by atoms with Crippen molar-refractivity contribution < 1.29 is 22.3 Å². The fourth-order valence-electron chi connectivity index (χ4n) is 3.33. The van der Waals surface area contributed by atoms with Crippen molar-refractivity contribution in [3.8, 4) is 11.1 Å². The zero-order chi connectivity index (χ0) is 22.0. The van der Waals surface area contributed by atoms with E-state index in [1.165, 1.54) is 17.4 Å². The number of amides is 1. The summed E-state index contributed by atoms with van der Waals surface area (Å²) < 4.78 is 43.3. The summed E-state index contributed by atoms with van der Waals surface area (Å²) in [7, 11) is -3.53. The monoisotopic (exact) mass is 460 g/mol. The Morgan fingerprint density at radius 3 is 2.48 bits per heavy atom. The van der Waals surface area contributed by atoms with Gasteiger partial charge in [-0.15, -0.1) is 11.3 Å². The first-order valence-electron chi connectivity index (χ1n) is 9.66. The zero-order valence-electron chi connectivity index (χ0n) is 16.8. The minimum atomic E-state index is -3.53. The number of carbonyl (C=O) groups excluding carboxylic acids is 1. The van der Waals surface area contributed by atoms with E-state index in [2.05, 4.69) is 10.2 Å². The molecular weight excluding hydrogens is 439 g/mol. The molecule has 0 radical (unpaired) electrons. The van der Waals surface area contributed by atoms with Crippen molar-refractivity contribution in [2.45, 2.75) is 4.90 Å². The van der Waals surface area contributed by atoms with Crippen LogP contribution in [-0.4, -0.2) is 46.9 Å². The normalized spacial score (nSPS) is 14.5. The number of benzene rings is 2. The van der Waals surface area contributed by atoms with E-state index in [-0.39, 0.29) is 10.6 Å². The predicted molar refractivity (Wildman–Crippen MR) is 120 cm³/mol. The van der Waals surface area contributed by atoms with Crippen molar-refractivity contribution in [3.05, 3.63) is 65.3 Å². The van der Waals surface area contributed by atoms with Gasteiger partial charge in [0.15, 0.2) is 9.84 Å². The molecule has 1 aliphatic rings. The fourth-order valence-corrected chi connectivity index (χ4v) is 5.11. The largest absolute Gasteiger partial charge is 0.378 e. The van der Waals surface area contributed by atoms with E-state index < -0.39 is 21.6 Å². The van der Waals surface area contributed by atoms with Crippen LogP contribution < -0.4 is 10.2 Å². The maximum Gasteiger partial charge on any atom is 0.265 e. The molecule has 3 aromatic rings. The number of sulfone groups is 1. The molecule has 0 saturated carbocycles. The number of hydrogen-bond acceptors (Lipinski definition) is 6. The molecule has 2 heterocycles. The van der Waals surface area contributed by atoms with Crippen LogP contribution in [0.15, 0.2) is 59.5 Å². The summed E-state index contributed by atoms with van der Waals surface area (Å²) in [6.07, 6.45) is 1.03. The molecule has 162 valence electrons. The van der Waals surface area contributed by atoms with Gasteiger partial charge in [-0.1, -0.05) is 30.3 Å². The first-order chi connectivity index (χ1) is 14.8. The average molecular weight is 461 g/mol. The number of anilines is 2. The van der Waals surface area contributed by atoms with Crippen LogP contribution >= 0.6 is 11.3 Å². The number of carbonyl (C=O) groups is 1. The van der Waals surface area contributed by atoms with Crippen molar-refractivity contribution in [1.82, 2.24) is 0 Å². The van der Waals surface area contributed by atoms with Gasteiger partial charge in [0, 0.05) is 24.9 Å². The van der Waals surface area contributed by atoms with Crippen LogP contribution in [0.1, 0.15) is 9.67 Å². The highest BCUT2D eigenvalue weighted by molar-refractivity contribution is 7.90. The van der Waals surface area contributed by atoms with Gasteiger partial charge < -0.3 is 15.0 Å². The molecule has 0 atom stereocenters. The number of halogens is 1. The average Bonchev–Trinajstić information content (AvgIpc) is 3.21. The van der Waals surface area contributed by atoms with Gasteiger partial charge in [0.1, 0.15) is 5.82 Å². The van der Waals surface area contributed by atoms with Crippen molar-refractivity contribution >= 4 is 37.8 Å². The molecule has 0 spiro atoms. The number of nitrogens with zero attached hydrogens (tertiary/aromatic N) is 1. The van der Waals surface area contributed by atoms with Crippen molar-refractivity contribution in [2.75, 3.05) is 42.8 Å². The number of nitrogens with one attached hydrogen (secondary N) is 1. The highest BCUT2D eigenvalue weighted by Crippen LogP contribution is 2.39. The standard InChI is InChI=1S/C22H21FN2O4S2/c1-31(27,28)16-7-8-18(23)19(13-16)24-21(26)20-14-17(15-5-3-2-4-6-15)22(30-20)25-9-11-29-12-10-25/h2-8,13-14H,9-12H2,1H3,(H,24,26). The lowest BCUT2D eigenvalue weighted by molar-refractivity contribution is 0.103. The SMILES string of the molecule is CS(=O)(=O)c1ccc(F)c(NC(=O)c2cc(-c3ccccc3)c(N3CCOCC3)s2)c1. The van der Waals surface area contributed by atoms with Crippen LogP contribution in [0, 0.1) is 5.82 Å². The molecule has 1 fully saturated rings. The Hall–Kier alpha value is -2.75. The van der Waals surface area contributed by atoms with Gasteiger partial charge in [0.05, 0.1) is 33.7 Å². The Bertz CT molecular complexity index is 1200. The van der Waals surface area contributed by atoms with Gasteiger partial charge in [-0.25, -0.2) is 12.8 Å². The van der Waals surface area contributed by atoms with Crippen LogP contribution in [0.4, 0.5) is 15.1 Å². The Labute approximate surface area is 184 Å². The van der Waals surface area contributed by atoms with Crippen LogP contribution in [0.3, 0.4) is 0 Å². The highest BCUT2D eigenvalue weighted by Gasteiger charge is 2.23. The lowest BCUT2D eigenvalue weighted by Gasteiger charge is -2.28. The summed E-state index contributed by atoms with van der Waals surface area (Å²) in [6.45, 7) is 2.65. The summed E-state index contributed by atoms with van der Waals surface area (Å²) >= 11 is 1.32. The van der Waals surface area contributed by atoms with E-state index in [1.54, 1.807) is 6.07 Å². The van der Waals surface area contributed by atoms with Gasteiger partial charge in [-0.05, 0) is 29.8 Å². The Morgan fingerprint density at radius 2 is 1.81 bits per heavy atom. The molecule has 6 nitrogen and oxygen atoms in total. The van der Waals surface area contributed by atoms with Gasteiger partial charge in [0.25, 0.3) is 5.91 Å². The number of rotatable bonds is 5. The molecule has 9 heteroatoms. The molecule has 4 rings (SSSR count). The smallest absolute Gasteiger partial charge is 0.265 e. The molecular formula is C22H21FN2O4S2. The maximum atomic E-state index is 14.2. The lowest BCUT2D eigenvalue weighted by Crippen LogP contribution is -2.35. The third-order valence-electron chi connectivity index (χ3n) is 4.93. The number of hydrogen-bond donors (Lipinski definition) is 1. The quantitative estimate of drug-likeness (QED) is 0.582.